The summed E-state index contributed by atoms with van der Waals surface area (Å²) in [5.41, 5.74) is -0.0810. The lowest BCUT2D eigenvalue weighted by atomic mass is 9.63. The van der Waals surface area contributed by atoms with Crippen LogP contribution in [0.3, 0.4) is 0 Å². The Bertz CT molecular complexity index is 1690. The van der Waals surface area contributed by atoms with E-state index in [1.807, 2.05) is 40.8 Å². The zero-order valence-corrected chi connectivity index (χ0v) is 32.6. The van der Waals surface area contributed by atoms with Crippen LogP contribution >= 0.6 is 11.8 Å². The first-order valence-corrected chi connectivity index (χ1v) is 20.4. The van der Waals surface area contributed by atoms with E-state index >= 15 is 0 Å². The van der Waals surface area contributed by atoms with Gasteiger partial charge in [0.15, 0.2) is 14.2 Å². The maximum Gasteiger partial charge on any atom is 0.407 e. The lowest BCUT2D eigenvalue weighted by molar-refractivity contribution is -0.385. The maximum atomic E-state index is 14.1. The van der Waals surface area contributed by atoms with E-state index in [0.717, 1.165) is 11.8 Å². The van der Waals surface area contributed by atoms with Crippen molar-refractivity contribution >= 4 is 55.3 Å². The molecule has 15 nitrogen and oxygen atoms in total. The highest BCUT2D eigenvalue weighted by atomic mass is 32.2. The van der Waals surface area contributed by atoms with E-state index in [0.29, 0.717) is 16.7 Å². The number of carbonyl (C=O) groups excluding carboxylic acids is 4. The number of alkyl carbamates (subject to hydrolysis) is 1. The van der Waals surface area contributed by atoms with Crippen LogP contribution in [0.25, 0.3) is 0 Å². The fraction of sp³-hybridized carbons (Fsp3) is 0.486. The van der Waals surface area contributed by atoms with Gasteiger partial charge in [-0.2, -0.15) is 0 Å². The molecule has 0 aromatic heterocycles. The molecule has 3 rings (SSSR count). The molecule has 0 aliphatic carbocycles. The van der Waals surface area contributed by atoms with E-state index in [1.54, 1.807) is 13.8 Å². The molecule has 1 heterocycles. The number of likely N-dealkylation sites (tertiary alicyclic amines) is 1. The number of thioether (sulfide) groups is 1. The second-order valence-electron chi connectivity index (χ2n) is 14.0. The van der Waals surface area contributed by atoms with Gasteiger partial charge in [-0.1, -0.05) is 32.5 Å². The topological polar surface area (TPSA) is 198 Å². The van der Waals surface area contributed by atoms with E-state index in [4.69, 9.17) is 13.9 Å². The molecule has 3 atom stereocenters. The van der Waals surface area contributed by atoms with Crippen LogP contribution < -0.4 is 5.32 Å². The monoisotopic (exact) mass is 758 g/mol. The Labute approximate surface area is 308 Å². The van der Waals surface area contributed by atoms with Crippen molar-refractivity contribution in [2.24, 2.45) is 11.3 Å². The number of allylic oxidation sites excluding steroid dienone is 1. The van der Waals surface area contributed by atoms with Crippen molar-refractivity contribution in [3.8, 4) is 0 Å². The molecular formula is C35H46N4O11SSi. The summed E-state index contributed by atoms with van der Waals surface area (Å²) in [5.74, 6) is -1.69. The van der Waals surface area contributed by atoms with Crippen LogP contribution in [0.1, 0.15) is 59.1 Å². The molecule has 0 spiro atoms. The van der Waals surface area contributed by atoms with Crippen LogP contribution in [-0.4, -0.2) is 70.8 Å². The number of ether oxygens (including phenoxy) is 2. The summed E-state index contributed by atoms with van der Waals surface area (Å²) in [7, 11) is -1.71. The Kier molecular flexibility index (Phi) is 14.3. The van der Waals surface area contributed by atoms with E-state index in [1.165, 1.54) is 53.4 Å². The van der Waals surface area contributed by atoms with Crippen LogP contribution in [0.15, 0.2) is 59.8 Å². The van der Waals surface area contributed by atoms with Crippen molar-refractivity contribution in [1.29, 1.82) is 0 Å². The molecular weight excluding hydrogens is 713 g/mol. The molecule has 2 aromatic rings. The van der Waals surface area contributed by atoms with Gasteiger partial charge in [0.25, 0.3) is 11.4 Å². The van der Waals surface area contributed by atoms with Crippen LogP contribution in [0.4, 0.5) is 16.2 Å². The first-order valence-electron chi connectivity index (χ1n) is 16.6. The summed E-state index contributed by atoms with van der Waals surface area (Å²) in [6, 6.07) is 10.4. The number of hydrogen-bond donors (Lipinski definition) is 1. The van der Waals surface area contributed by atoms with Gasteiger partial charge in [-0.05, 0) is 80.2 Å². The van der Waals surface area contributed by atoms with Gasteiger partial charge in [0.05, 0.1) is 27.4 Å². The number of β-lactam (4-membered cyclic amide) rings is 1. The largest absolute Gasteiger partial charge is 0.456 e. The number of nitrogens with one attached hydrogen (secondary N) is 1. The number of carbonyl (C=O) groups is 4. The number of benzene rings is 2. The van der Waals surface area contributed by atoms with Gasteiger partial charge >= 0.3 is 12.1 Å². The highest BCUT2D eigenvalue weighted by Crippen LogP contribution is 2.50. The second kappa shape index (κ2) is 17.7. The third-order valence-corrected chi connectivity index (χ3v) is 10.6. The van der Waals surface area contributed by atoms with Crippen LogP contribution in [0.2, 0.25) is 13.1 Å². The summed E-state index contributed by atoms with van der Waals surface area (Å²) in [6.45, 7) is 15.0. The molecule has 1 fully saturated rings. The molecule has 1 saturated heterocycles. The predicted octanol–water partition coefficient (Wildman–Crippen LogP) is 6.05. The van der Waals surface area contributed by atoms with Gasteiger partial charge < -0.3 is 24.1 Å². The third-order valence-electron chi connectivity index (χ3n) is 8.74. The average Bonchev–Trinajstić information content (AvgIpc) is 3.06. The highest BCUT2D eigenvalue weighted by Gasteiger charge is 2.62. The Morgan fingerprint density at radius 1 is 0.885 bits per heavy atom. The molecule has 0 saturated carbocycles. The van der Waals surface area contributed by atoms with Crippen LogP contribution in [-0.2, 0) is 41.5 Å². The minimum absolute atomic E-state index is 0.0152. The molecule has 1 N–H and O–H groups in total. The zero-order valence-electron chi connectivity index (χ0n) is 30.6. The SMILES string of the molecule is CC(C)=C(C(=O)OCc1ccc([N+](=O)[O-])cc1)N1C(=O)[C@H]([C@@](C)(O[SiH](C)C)C(C)(C)C)[C@H]1CC(=O)SCCNC(=O)OCc1ccc([N+](=O)[O-])cc1. The fourth-order valence-corrected chi connectivity index (χ4v) is 7.97. The molecule has 0 bridgehead atoms. The molecule has 282 valence electrons. The Morgan fingerprint density at radius 2 is 1.38 bits per heavy atom. The summed E-state index contributed by atoms with van der Waals surface area (Å²) in [6.07, 6.45) is -0.828. The smallest absolute Gasteiger partial charge is 0.407 e. The average molecular weight is 759 g/mol. The Morgan fingerprint density at radius 3 is 1.83 bits per heavy atom. The normalized spacial score (nSPS) is 16.7. The molecule has 2 amide bonds. The van der Waals surface area contributed by atoms with Crippen molar-refractivity contribution in [2.45, 2.75) is 85.9 Å². The number of non-ortho nitro benzene ring substituents is 2. The van der Waals surface area contributed by atoms with Crippen molar-refractivity contribution in [2.75, 3.05) is 12.3 Å². The Balaban J connectivity index is 1.72. The second-order valence-corrected chi connectivity index (χ2v) is 17.5. The molecule has 0 unspecified atom stereocenters. The van der Waals surface area contributed by atoms with E-state index < -0.39 is 53.9 Å². The van der Waals surface area contributed by atoms with Gasteiger partial charge in [-0.3, -0.25) is 29.8 Å². The third kappa shape index (κ3) is 10.5. The summed E-state index contributed by atoms with van der Waals surface area (Å²) in [5, 5.41) is 24.1. The number of rotatable bonds is 16. The van der Waals surface area contributed by atoms with E-state index in [2.05, 4.69) is 5.32 Å². The first kappa shape index (κ1) is 41.8. The van der Waals surface area contributed by atoms with Crippen LogP contribution in [0, 0.1) is 31.6 Å². The van der Waals surface area contributed by atoms with E-state index in [-0.39, 0.29) is 60.0 Å². The van der Waals surface area contributed by atoms with Gasteiger partial charge in [0.2, 0.25) is 5.91 Å². The molecule has 17 heteroatoms. The van der Waals surface area contributed by atoms with E-state index in [9.17, 15) is 39.4 Å². The number of nitrogens with zero attached hydrogens (tertiary/aromatic N) is 3. The van der Waals surface area contributed by atoms with Crippen molar-refractivity contribution in [1.82, 2.24) is 10.2 Å². The standard InChI is InChI=1S/C35H46N4O11SSi/c1-22(2)30(32(42)48-20-23-9-13-25(14-10-23)38(44)45)37-27(29(31(37)41)35(6,34(3,4)5)50-52(7)8)19-28(40)51-18-17-36-33(43)49-21-24-11-15-26(16-12-24)39(46)47/h9-16,27,29,52H,17-21H2,1-8H3,(H,36,43)/t27-,29-,35-/m1/s1. The minimum atomic E-state index is -1.71. The number of nitro groups is 2. The lowest BCUT2D eigenvalue weighted by Gasteiger charge is -2.58. The van der Waals surface area contributed by atoms with Crippen molar-refractivity contribution in [3.05, 3.63) is 91.2 Å². The fourth-order valence-electron chi connectivity index (χ4n) is 5.77. The Hall–Kier alpha value is -4.61. The highest BCUT2D eigenvalue weighted by molar-refractivity contribution is 8.13. The molecule has 1 aliphatic rings. The number of nitro benzene ring substituents is 2. The first-order chi connectivity index (χ1) is 24.3. The number of esters is 1. The van der Waals surface area contributed by atoms with Gasteiger partial charge in [-0.25, -0.2) is 9.59 Å². The molecule has 2 aromatic carbocycles. The molecule has 52 heavy (non-hydrogen) atoms. The summed E-state index contributed by atoms with van der Waals surface area (Å²) < 4.78 is 17.3. The minimum Gasteiger partial charge on any atom is -0.456 e. The number of amides is 2. The predicted molar refractivity (Wildman–Crippen MR) is 197 cm³/mol. The van der Waals surface area contributed by atoms with Crippen LogP contribution in [0.5, 0.6) is 0 Å². The van der Waals surface area contributed by atoms with Gasteiger partial charge in [0.1, 0.15) is 18.9 Å². The summed E-state index contributed by atoms with van der Waals surface area (Å²) >= 11 is 0.968. The quantitative estimate of drug-likeness (QED) is 0.0396. The molecule has 1 aliphatic heterocycles. The molecule has 0 radical (unpaired) electrons. The van der Waals surface area contributed by atoms with Gasteiger partial charge in [-0.15, -0.1) is 0 Å². The maximum absolute atomic E-state index is 14.1. The van der Waals surface area contributed by atoms with Crippen molar-refractivity contribution in [3.63, 3.8) is 0 Å². The van der Waals surface area contributed by atoms with Gasteiger partial charge in [0, 0.05) is 43.0 Å². The zero-order chi connectivity index (χ0) is 39.0. The van der Waals surface area contributed by atoms with Crippen molar-refractivity contribution < 1.29 is 42.9 Å². The summed E-state index contributed by atoms with van der Waals surface area (Å²) in [4.78, 5) is 75.5. The lowest BCUT2D eigenvalue weighted by Crippen LogP contribution is -2.72. The number of hydrogen-bond acceptors (Lipinski definition) is 12.